The summed E-state index contributed by atoms with van der Waals surface area (Å²) in [6.45, 7) is 2.40. The van der Waals surface area contributed by atoms with E-state index in [0.29, 0.717) is 25.2 Å². The van der Waals surface area contributed by atoms with E-state index in [4.69, 9.17) is 0 Å². The molecular formula is C18H19N5O2. The lowest BCUT2D eigenvalue weighted by Gasteiger charge is -2.23. The topological polar surface area (TPSA) is 79.3 Å². The summed E-state index contributed by atoms with van der Waals surface area (Å²) >= 11 is 0. The van der Waals surface area contributed by atoms with Gasteiger partial charge in [0.2, 0.25) is 5.91 Å². The minimum atomic E-state index is -0.432. The molecule has 2 aliphatic heterocycles. The highest BCUT2D eigenvalue weighted by Gasteiger charge is 2.51. The van der Waals surface area contributed by atoms with Gasteiger partial charge in [0, 0.05) is 38.6 Å². The number of amides is 2. The number of hydrogen-bond donors (Lipinski definition) is 0. The molecule has 2 amide bonds. The van der Waals surface area contributed by atoms with Gasteiger partial charge in [0.25, 0.3) is 5.91 Å². The van der Waals surface area contributed by atoms with Crippen LogP contribution in [0.1, 0.15) is 28.8 Å². The lowest BCUT2D eigenvalue weighted by molar-refractivity contribution is -0.135. The number of rotatable bonds is 3. The molecule has 2 aromatic rings. The summed E-state index contributed by atoms with van der Waals surface area (Å²) in [6, 6.07) is 5.52. The largest absolute Gasteiger partial charge is 0.338 e. The van der Waals surface area contributed by atoms with Crippen LogP contribution in [0.3, 0.4) is 0 Å². The monoisotopic (exact) mass is 337 g/mol. The van der Waals surface area contributed by atoms with Crippen LogP contribution in [0.5, 0.6) is 0 Å². The van der Waals surface area contributed by atoms with E-state index in [0.717, 1.165) is 24.9 Å². The normalized spacial score (nSPS) is 22.8. The second kappa shape index (κ2) is 6.23. The van der Waals surface area contributed by atoms with Crippen LogP contribution in [0, 0.1) is 5.41 Å². The molecule has 1 spiro atoms. The molecule has 0 aromatic carbocycles. The van der Waals surface area contributed by atoms with Crippen molar-refractivity contribution in [2.24, 2.45) is 5.41 Å². The zero-order chi connectivity index (χ0) is 17.3. The number of aromatic nitrogens is 3. The maximum absolute atomic E-state index is 13.0. The SMILES string of the molecule is O=C(c1ccnnc1)N1CCC2(CCN(Cc3cccnc3)C2=O)C1. The molecule has 4 heterocycles. The van der Waals surface area contributed by atoms with Crippen molar-refractivity contribution in [2.75, 3.05) is 19.6 Å². The summed E-state index contributed by atoms with van der Waals surface area (Å²) in [5, 5.41) is 7.46. The van der Waals surface area contributed by atoms with Gasteiger partial charge < -0.3 is 9.80 Å². The third-order valence-electron chi connectivity index (χ3n) is 5.17. The van der Waals surface area contributed by atoms with Crippen LogP contribution in [0.4, 0.5) is 0 Å². The van der Waals surface area contributed by atoms with Gasteiger partial charge in [0.15, 0.2) is 0 Å². The molecule has 7 nitrogen and oxygen atoms in total. The molecule has 0 radical (unpaired) electrons. The molecule has 0 aliphatic carbocycles. The van der Waals surface area contributed by atoms with Crippen LogP contribution in [-0.4, -0.2) is 56.4 Å². The van der Waals surface area contributed by atoms with E-state index in [9.17, 15) is 9.59 Å². The van der Waals surface area contributed by atoms with Gasteiger partial charge in [0.1, 0.15) is 0 Å². The molecule has 0 N–H and O–H groups in total. The Bertz CT molecular complexity index is 783. The van der Waals surface area contributed by atoms with Crippen LogP contribution in [0.15, 0.2) is 43.0 Å². The fourth-order valence-electron chi connectivity index (χ4n) is 3.78. The molecule has 2 aromatic heterocycles. The van der Waals surface area contributed by atoms with Gasteiger partial charge in [-0.2, -0.15) is 10.2 Å². The molecule has 7 heteroatoms. The van der Waals surface area contributed by atoms with Crippen molar-refractivity contribution in [3.8, 4) is 0 Å². The van der Waals surface area contributed by atoms with Gasteiger partial charge in [-0.1, -0.05) is 6.07 Å². The number of nitrogens with zero attached hydrogens (tertiary/aromatic N) is 5. The predicted molar refractivity (Wildman–Crippen MR) is 89.3 cm³/mol. The van der Waals surface area contributed by atoms with Crippen LogP contribution in [0.25, 0.3) is 0 Å². The van der Waals surface area contributed by atoms with Gasteiger partial charge >= 0.3 is 0 Å². The highest BCUT2D eigenvalue weighted by Crippen LogP contribution is 2.41. The number of likely N-dealkylation sites (tertiary alicyclic amines) is 2. The lowest BCUT2D eigenvalue weighted by Crippen LogP contribution is -2.38. The van der Waals surface area contributed by atoms with Crippen molar-refractivity contribution in [2.45, 2.75) is 19.4 Å². The summed E-state index contributed by atoms with van der Waals surface area (Å²) in [5.74, 6) is 0.0739. The third kappa shape index (κ3) is 2.86. The number of carbonyl (C=O) groups excluding carboxylic acids is 2. The van der Waals surface area contributed by atoms with Crippen LogP contribution < -0.4 is 0 Å². The van der Waals surface area contributed by atoms with Crippen molar-refractivity contribution >= 4 is 11.8 Å². The highest BCUT2D eigenvalue weighted by atomic mass is 16.2. The minimum Gasteiger partial charge on any atom is -0.338 e. The maximum Gasteiger partial charge on any atom is 0.255 e. The van der Waals surface area contributed by atoms with E-state index in [1.54, 1.807) is 23.4 Å². The van der Waals surface area contributed by atoms with Crippen molar-refractivity contribution in [1.29, 1.82) is 0 Å². The van der Waals surface area contributed by atoms with Crippen molar-refractivity contribution in [1.82, 2.24) is 25.0 Å². The average molecular weight is 337 g/mol. The first-order valence-electron chi connectivity index (χ1n) is 8.42. The zero-order valence-corrected chi connectivity index (χ0v) is 13.8. The van der Waals surface area contributed by atoms with Gasteiger partial charge in [-0.25, -0.2) is 0 Å². The smallest absolute Gasteiger partial charge is 0.255 e. The molecule has 2 saturated heterocycles. The van der Waals surface area contributed by atoms with E-state index in [1.165, 1.54) is 12.4 Å². The molecule has 25 heavy (non-hydrogen) atoms. The van der Waals surface area contributed by atoms with Crippen molar-refractivity contribution < 1.29 is 9.59 Å². The van der Waals surface area contributed by atoms with Gasteiger partial charge in [-0.05, 0) is 30.5 Å². The lowest BCUT2D eigenvalue weighted by atomic mass is 9.85. The zero-order valence-electron chi connectivity index (χ0n) is 13.8. The van der Waals surface area contributed by atoms with Crippen LogP contribution in [-0.2, 0) is 11.3 Å². The molecule has 0 saturated carbocycles. The first-order valence-corrected chi connectivity index (χ1v) is 8.42. The Labute approximate surface area is 145 Å². The van der Waals surface area contributed by atoms with Crippen LogP contribution >= 0.6 is 0 Å². The number of pyridine rings is 1. The van der Waals surface area contributed by atoms with Crippen molar-refractivity contribution in [3.63, 3.8) is 0 Å². The Morgan fingerprint density at radius 3 is 2.76 bits per heavy atom. The molecule has 0 bridgehead atoms. The molecule has 128 valence electrons. The van der Waals surface area contributed by atoms with E-state index < -0.39 is 5.41 Å². The standard InChI is InChI=1S/C18H19N5O2/c24-16(15-3-7-20-21-11-15)23-9-5-18(13-23)4-8-22(17(18)25)12-14-2-1-6-19-10-14/h1-3,6-7,10-11H,4-5,8-9,12-13H2. The van der Waals surface area contributed by atoms with Gasteiger partial charge in [-0.3, -0.25) is 14.6 Å². The Kier molecular flexibility index (Phi) is 3.91. The minimum absolute atomic E-state index is 0.0784. The quantitative estimate of drug-likeness (QED) is 0.839. The molecule has 4 rings (SSSR count). The van der Waals surface area contributed by atoms with E-state index in [2.05, 4.69) is 15.2 Å². The maximum atomic E-state index is 13.0. The van der Waals surface area contributed by atoms with E-state index >= 15 is 0 Å². The Balaban J connectivity index is 1.45. The second-order valence-corrected chi connectivity index (χ2v) is 6.73. The summed E-state index contributed by atoms with van der Waals surface area (Å²) in [5.41, 5.74) is 1.12. The Morgan fingerprint density at radius 2 is 2.00 bits per heavy atom. The fourth-order valence-corrected chi connectivity index (χ4v) is 3.78. The summed E-state index contributed by atoms with van der Waals surface area (Å²) in [7, 11) is 0. The molecular weight excluding hydrogens is 318 g/mol. The molecule has 2 fully saturated rings. The highest BCUT2D eigenvalue weighted by molar-refractivity contribution is 5.95. The van der Waals surface area contributed by atoms with Crippen molar-refractivity contribution in [3.05, 3.63) is 54.1 Å². The fraction of sp³-hybridized carbons (Fsp3) is 0.389. The summed E-state index contributed by atoms with van der Waals surface area (Å²) in [6.07, 6.45) is 8.02. The first-order chi connectivity index (χ1) is 12.2. The molecule has 1 unspecified atom stereocenters. The molecule has 2 aliphatic rings. The summed E-state index contributed by atoms with van der Waals surface area (Å²) in [4.78, 5) is 33.3. The summed E-state index contributed by atoms with van der Waals surface area (Å²) < 4.78 is 0. The third-order valence-corrected chi connectivity index (χ3v) is 5.17. The van der Waals surface area contributed by atoms with Gasteiger partial charge in [0.05, 0.1) is 23.4 Å². The number of carbonyl (C=O) groups is 2. The van der Waals surface area contributed by atoms with E-state index in [-0.39, 0.29) is 11.8 Å². The number of hydrogen-bond acceptors (Lipinski definition) is 5. The Hall–Kier alpha value is -2.83. The first kappa shape index (κ1) is 15.7. The second-order valence-electron chi connectivity index (χ2n) is 6.73. The van der Waals surface area contributed by atoms with E-state index in [1.807, 2.05) is 17.0 Å². The predicted octanol–water partition coefficient (Wildman–Crippen LogP) is 1.14. The molecule has 1 atom stereocenters. The Morgan fingerprint density at radius 1 is 1.12 bits per heavy atom. The average Bonchev–Trinajstić information content (AvgIpc) is 3.23. The van der Waals surface area contributed by atoms with Gasteiger partial charge in [-0.15, -0.1) is 0 Å². The van der Waals surface area contributed by atoms with Crippen LogP contribution in [0.2, 0.25) is 0 Å².